The second-order valence-corrected chi connectivity index (χ2v) is 1.75. The van der Waals surface area contributed by atoms with E-state index in [0.29, 0.717) is 6.08 Å². The lowest BCUT2D eigenvalue weighted by Gasteiger charge is -1.93. The molecule has 1 unspecified atom stereocenters. The first-order valence-corrected chi connectivity index (χ1v) is 2.67. The molecule has 0 heterocycles. The van der Waals surface area contributed by atoms with Crippen LogP contribution in [-0.2, 0) is 9.59 Å². The van der Waals surface area contributed by atoms with Gasteiger partial charge in [-0.25, -0.2) is 4.79 Å². The summed E-state index contributed by atoms with van der Waals surface area (Å²) in [7, 11) is 0. The molecule has 0 rings (SSSR count). The fourth-order valence-electron chi connectivity index (χ4n) is 0.293. The molecule has 0 spiro atoms. The van der Waals surface area contributed by atoms with Crippen LogP contribution in [0.3, 0.4) is 0 Å². The van der Waals surface area contributed by atoms with Crippen LogP contribution in [0, 0.1) is 0 Å². The summed E-state index contributed by atoms with van der Waals surface area (Å²) in [6, 6.07) is 0. The Kier molecular flexibility index (Phi) is 3.35. The minimum absolute atomic E-state index is 0.609. The molecule has 0 aromatic rings. The van der Waals surface area contributed by atoms with Crippen molar-refractivity contribution in [2.75, 3.05) is 0 Å². The van der Waals surface area contributed by atoms with Crippen molar-refractivity contribution in [1.29, 1.82) is 0 Å². The molecule has 0 aliphatic heterocycles. The highest BCUT2D eigenvalue weighted by atomic mass is 16.4. The molecular weight excluding hydrogens is 136 g/mol. The molecule has 2 N–H and O–H groups in total. The predicted octanol–water partition coefficient (Wildman–Crippen LogP) is -0.423. The van der Waals surface area contributed by atoms with Gasteiger partial charge in [-0.3, -0.25) is 4.79 Å². The lowest BCUT2D eigenvalue weighted by atomic mass is 10.2. The van der Waals surface area contributed by atoms with Crippen molar-refractivity contribution in [3.8, 4) is 0 Å². The summed E-state index contributed by atoms with van der Waals surface area (Å²) < 4.78 is 0. The number of carboxylic acid groups (broad SMARTS) is 1. The first-order valence-electron chi connectivity index (χ1n) is 2.67. The lowest BCUT2D eigenvalue weighted by Crippen LogP contribution is -2.12. The topological polar surface area (TPSA) is 74.6 Å². The van der Waals surface area contributed by atoms with Gasteiger partial charge in [-0.1, -0.05) is 0 Å². The molecule has 0 fully saturated rings. The summed E-state index contributed by atoms with van der Waals surface area (Å²) in [5, 5.41) is 16.6. The van der Waals surface area contributed by atoms with Gasteiger partial charge in [0.2, 0.25) is 0 Å². The summed E-state index contributed by atoms with van der Waals surface area (Å²) in [6.45, 7) is 1.27. The van der Waals surface area contributed by atoms with E-state index in [1.165, 1.54) is 6.92 Å². The second kappa shape index (κ2) is 3.79. The summed E-state index contributed by atoms with van der Waals surface area (Å²) in [6.07, 6.45) is 0.387. The minimum Gasteiger partial charge on any atom is -0.478 e. The Bertz CT molecular complexity index is 169. The van der Waals surface area contributed by atoms with Crippen LogP contribution in [0.25, 0.3) is 0 Å². The van der Waals surface area contributed by atoms with Crippen LogP contribution < -0.4 is 0 Å². The second-order valence-electron chi connectivity index (χ2n) is 1.75. The van der Waals surface area contributed by atoms with E-state index in [-0.39, 0.29) is 0 Å². The summed E-state index contributed by atoms with van der Waals surface area (Å²) in [4.78, 5) is 20.3. The van der Waals surface area contributed by atoms with Crippen molar-refractivity contribution < 1.29 is 19.8 Å². The van der Waals surface area contributed by atoms with Crippen molar-refractivity contribution >= 4 is 11.8 Å². The van der Waals surface area contributed by atoms with Crippen molar-refractivity contribution in [3.63, 3.8) is 0 Å². The number of aliphatic carboxylic acids is 1. The number of ketones is 1. The van der Waals surface area contributed by atoms with Gasteiger partial charge in [-0.15, -0.1) is 0 Å². The molecule has 4 heteroatoms. The SMILES string of the molecule is CC(O)C(=O)C=CC(=O)O. The van der Waals surface area contributed by atoms with E-state index >= 15 is 0 Å². The maximum atomic E-state index is 10.4. The van der Waals surface area contributed by atoms with Gasteiger partial charge in [0.05, 0.1) is 0 Å². The van der Waals surface area contributed by atoms with Crippen LogP contribution >= 0.6 is 0 Å². The molecule has 0 aromatic heterocycles. The van der Waals surface area contributed by atoms with E-state index in [4.69, 9.17) is 10.2 Å². The number of carbonyl (C=O) groups is 2. The molecule has 0 saturated heterocycles. The smallest absolute Gasteiger partial charge is 0.328 e. The third kappa shape index (κ3) is 3.80. The maximum Gasteiger partial charge on any atom is 0.328 e. The first kappa shape index (κ1) is 8.84. The molecule has 0 aliphatic carbocycles. The average molecular weight is 144 g/mol. The molecular formula is C6H8O4. The van der Waals surface area contributed by atoms with E-state index in [1.807, 2.05) is 0 Å². The van der Waals surface area contributed by atoms with E-state index in [9.17, 15) is 9.59 Å². The van der Waals surface area contributed by atoms with Crippen molar-refractivity contribution in [1.82, 2.24) is 0 Å². The minimum atomic E-state index is -1.20. The van der Waals surface area contributed by atoms with Crippen LogP contribution in [0.4, 0.5) is 0 Å². The van der Waals surface area contributed by atoms with E-state index in [2.05, 4.69) is 0 Å². The third-order valence-electron chi connectivity index (χ3n) is 0.802. The summed E-state index contributed by atoms with van der Waals surface area (Å²) >= 11 is 0. The van der Waals surface area contributed by atoms with E-state index < -0.39 is 17.9 Å². The zero-order chi connectivity index (χ0) is 8.15. The zero-order valence-electron chi connectivity index (χ0n) is 5.44. The normalized spacial score (nSPS) is 13.4. The third-order valence-corrected chi connectivity index (χ3v) is 0.802. The van der Waals surface area contributed by atoms with Gasteiger partial charge in [0.1, 0.15) is 6.10 Å². The lowest BCUT2D eigenvalue weighted by molar-refractivity contribution is -0.131. The van der Waals surface area contributed by atoms with Gasteiger partial charge < -0.3 is 10.2 Å². The Hall–Kier alpha value is -1.16. The number of aliphatic hydroxyl groups excluding tert-OH is 1. The fourth-order valence-corrected chi connectivity index (χ4v) is 0.293. The van der Waals surface area contributed by atoms with Gasteiger partial charge in [-0.2, -0.15) is 0 Å². The number of rotatable bonds is 3. The van der Waals surface area contributed by atoms with Crippen LogP contribution in [0.5, 0.6) is 0 Å². The molecule has 4 nitrogen and oxygen atoms in total. The van der Waals surface area contributed by atoms with Crippen molar-refractivity contribution in [2.24, 2.45) is 0 Å². The number of hydrogen-bond donors (Lipinski definition) is 2. The Balaban J connectivity index is 3.90. The number of aliphatic hydroxyl groups is 1. The Morgan fingerprint density at radius 3 is 2.20 bits per heavy atom. The van der Waals surface area contributed by atoms with Gasteiger partial charge in [0.15, 0.2) is 5.78 Å². The Morgan fingerprint density at radius 1 is 1.40 bits per heavy atom. The van der Waals surface area contributed by atoms with Gasteiger partial charge in [0, 0.05) is 6.08 Å². The molecule has 0 saturated carbocycles. The molecule has 0 radical (unpaired) electrons. The largest absolute Gasteiger partial charge is 0.478 e. The first-order chi connectivity index (χ1) is 4.54. The van der Waals surface area contributed by atoms with Crippen LogP contribution in [-0.4, -0.2) is 28.1 Å². The molecule has 10 heavy (non-hydrogen) atoms. The highest BCUT2D eigenvalue weighted by molar-refractivity contribution is 5.97. The van der Waals surface area contributed by atoms with Gasteiger partial charge in [-0.05, 0) is 13.0 Å². The summed E-state index contributed by atoms with van der Waals surface area (Å²) in [5.74, 6) is -1.81. The maximum absolute atomic E-state index is 10.4. The Morgan fingerprint density at radius 2 is 1.90 bits per heavy atom. The van der Waals surface area contributed by atoms with Crippen molar-refractivity contribution in [2.45, 2.75) is 13.0 Å². The van der Waals surface area contributed by atoms with E-state index in [1.54, 1.807) is 0 Å². The molecule has 0 bridgehead atoms. The highest BCUT2D eigenvalue weighted by Gasteiger charge is 2.03. The van der Waals surface area contributed by atoms with Crippen LogP contribution in [0.1, 0.15) is 6.92 Å². The van der Waals surface area contributed by atoms with E-state index in [0.717, 1.165) is 6.08 Å². The predicted molar refractivity (Wildman–Crippen MR) is 33.5 cm³/mol. The standard InChI is InChI=1S/C6H8O4/c1-4(7)5(8)2-3-6(9)10/h2-4,7H,1H3,(H,9,10). The molecule has 0 aliphatic rings. The molecule has 0 amide bonds. The van der Waals surface area contributed by atoms with Crippen LogP contribution in [0.15, 0.2) is 12.2 Å². The van der Waals surface area contributed by atoms with Gasteiger partial charge >= 0.3 is 5.97 Å². The number of hydrogen-bond acceptors (Lipinski definition) is 3. The van der Waals surface area contributed by atoms with Crippen LogP contribution in [0.2, 0.25) is 0 Å². The van der Waals surface area contributed by atoms with Crippen molar-refractivity contribution in [3.05, 3.63) is 12.2 Å². The zero-order valence-corrected chi connectivity index (χ0v) is 5.44. The van der Waals surface area contributed by atoms with Gasteiger partial charge in [0.25, 0.3) is 0 Å². The molecule has 56 valence electrons. The Labute approximate surface area is 57.8 Å². The highest BCUT2D eigenvalue weighted by Crippen LogP contribution is 1.85. The molecule has 0 aromatic carbocycles. The fraction of sp³-hybridized carbons (Fsp3) is 0.333. The monoisotopic (exact) mass is 144 g/mol. The number of carboxylic acids is 1. The molecule has 1 atom stereocenters. The average Bonchev–Trinajstić information content (AvgIpc) is 1.82. The quantitative estimate of drug-likeness (QED) is 0.527. The summed E-state index contributed by atoms with van der Waals surface area (Å²) in [5.41, 5.74) is 0. The number of carbonyl (C=O) groups excluding carboxylic acids is 1.